The maximum atomic E-state index is 8.83. The Labute approximate surface area is 49.7 Å². The van der Waals surface area contributed by atoms with Crippen LogP contribution in [-0.2, 0) is 0 Å². The van der Waals surface area contributed by atoms with E-state index < -0.39 is 6.10 Å². The molecule has 0 heterocycles. The van der Waals surface area contributed by atoms with Gasteiger partial charge in [0.25, 0.3) is 0 Å². The lowest BCUT2D eigenvalue weighted by molar-refractivity contribution is 0.207. The van der Waals surface area contributed by atoms with Crippen LogP contribution in [0, 0.1) is 11.8 Å². The van der Waals surface area contributed by atoms with E-state index in [9.17, 15) is 0 Å². The fourth-order valence-corrected chi connectivity index (χ4v) is 0.279. The molecule has 2 heteroatoms. The highest BCUT2D eigenvalue weighted by Crippen LogP contribution is 1.83. The van der Waals surface area contributed by atoms with Gasteiger partial charge in [-0.25, -0.2) is 0 Å². The van der Waals surface area contributed by atoms with Gasteiger partial charge >= 0.3 is 0 Å². The van der Waals surface area contributed by atoms with Gasteiger partial charge in [-0.2, -0.15) is 0 Å². The molecule has 0 rings (SSSR count). The van der Waals surface area contributed by atoms with Gasteiger partial charge in [0.15, 0.2) is 0 Å². The van der Waals surface area contributed by atoms with Crippen LogP contribution in [0.25, 0.3) is 0 Å². The zero-order chi connectivity index (χ0) is 6.57. The van der Waals surface area contributed by atoms with Gasteiger partial charge < -0.3 is 10.8 Å². The number of rotatable bonds is 1. The van der Waals surface area contributed by atoms with Crippen molar-refractivity contribution in [2.45, 2.75) is 26.0 Å². The van der Waals surface area contributed by atoms with Crippen LogP contribution < -0.4 is 5.73 Å². The molecule has 2 atom stereocenters. The highest BCUT2D eigenvalue weighted by Gasteiger charge is 2.02. The van der Waals surface area contributed by atoms with Gasteiger partial charge in [-0.05, 0) is 13.8 Å². The van der Waals surface area contributed by atoms with E-state index in [1.54, 1.807) is 13.8 Å². The van der Waals surface area contributed by atoms with Crippen molar-refractivity contribution < 1.29 is 5.11 Å². The van der Waals surface area contributed by atoms with E-state index >= 15 is 0 Å². The van der Waals surface area contributed by atoms with Crippen LogP contribution in [0.5, 0.6) is 0 Å². The third kappa shape index (κ3) is 2.62. The molecule has 0 saturated heterocycles. The molecule has 3 N–H and O–H groups in total. The first kappa shape index (κ1) is 7.48. The van der Waals surface area contributed by atoms with Gasteiger partial charge in [0.1, 0.15) is 6.10 Å². The summed E-state index contributed by atoms with van der Waals surface area (Å²) in [7, 11) is 0. The molecule has 0 fully saturated rings. The van der Waals surface area contributed by atoms with Gasteiger partial charge in [-0.1, -0.05) is 5.92 Å². The summed E-state index contributed by atoms with van der Waals surface area (Å²) in [5.74, 6) is 5.09. The van der Waals surface area contributed by atoms with Gasteiger partial charge in [0.05, 0.1) is 0 Å². The molecule has 46 valence electrons. The third-order valence-electron chi connectivity index (χ3n) is 0.790. The van der Waals surface area contributed by atoms with E-state index in [2.05, 4.69) is 11.8 Å². The molecule has 0 aromatic rings. The molecule has 2 nitrogen and oxygen atoms in total. The predicted octanol–water partition coefficient (Wildman–Crippen LogP) is -0.282. The van der Waals surface area contributed by atoms with Crippen molar-refractivity contribution in [3.05, 3.63) is 0 Å². The minimum atomic E-state index is -0.667. The van der Waals surface area contributed by atoms with Crippen molar-refractivity contribution >= 4 is 0 Å². The zero-order valence-corrected chi connectivity index (χ0v) is 5.18. The second-order valence-corrected chi connectivity index (χ2v) is 1.70. The molecule has 0 aromatic heterocycles. The molecular formula is C6H11NO. The van der Waals surface area contributed by atoms with Crippen LogP contribution in [0.2, 0.25) is 0 Å². The van der Waals surface area contributed by atoms with Crippen LogP contribution in [0.4, 0.5) is 0 Å². The second-order valence-electron chi connectivity index (χ2n) is 1.70. The van der Waals surface area contributed by atoms with E-state index in [0.29, 0.717) is 0 Å². The Bertz CT molecular complexity index is 109. The Hall–Kier alpha value is -0.520. The highest BCUT2D eigenvalue weighted by atomic mass is 16.3. The molecule has 0 unspecified atom stereocenters. The molecule has 0 saturated carbocycles. The summed E-state index contributed by atoms with van der Waals surface area (Å²) in [5, 5.41) is 8.83. The fraction of sp³-hybridized carbons (Fsp3) is 0.667. The number of aliphatic hydroxyl groups excluding tert-OH is 1. The summed E-state index contributed by atoms with van der Waals surface area (Å²) in [6, 6.07) is -0.248. The number of aliphatic hydroxyl groups is 1. The molecule has 0 aliphatic carbocycles. The molecule has 0 aliphatic heterocycles. The molecule has 0 spiro atoms. The van der Waals surface area contributed by atoms with Crippen molar-refractivity contribution in [2.24, 2.45) is 5.73 Å². The summed E-state index contributed by atoms with van der Waals surface area (Å²) in [5.41, 5.74) is 5.27. The Balaban J connectivity index is 3.58. The Morgan fingerprint density at radius 1 is 1.62 bits per heavy atom. The number of nitrogens with two attached hydrogens (primary N) is 1. The lowest BCUT2D eigenvalue weighted by Gasteiger charge is -2.04. The number of hydrogen-bond acceptors (Lipinski definition) is 2. The van der Waals surface area contributed by atoms with Crippen LogP contribution in [0.1, 0.15) is 13.8 Å². The standard InChI is InChI=1S/C6H11NO/c1-3-4-6(8)5(2)7/h5-6,8H,7H2,1-2H3/t5-,6-/m0/s1. The smallest absolute Gasteiger partial charge is 0.129 e. The van der Waals surface area contributed by atoms with E-state index in [1.807, 2.05) is 0 Å². The van der Waals surface area contributed by atoms with E-state index in [1.165, 1.54) is 0 Å². The van der Waals surface area contributed by atoms with Gasteiger partial charge in [0.2, 0.25) is 0 Å². The van der Waals surface area contributed by atoms with Crippen molar-refractivity contribution in [1.29, 1.82) is 0 Å². The molecular weight excluding hydrogens is 102 g/mol. The largest absolute Gasteiger partial charge is 0.379 e. The normalized spacial score (nSPS) is 16.0. The second kappa shape index (κ2) is 3.48. The third-order valence-corrected chi connectivity index (χ3v) is 0.790. The summed E-state index contributed by atoms with van der Waals surface area (Å²) < 4.78 is 0. The first-order valence-electron chi connectivity index (χ1n) is 2.54. The van der Waals surface area contributed by atoms with Gasteiger partial charge in [-0.3, -0.25) is 0 Å². The quantitative estimate of drug-likeness (QED) is 0.459. The molecule has 0 bridgehead atoms. The van der Waals surface area contributed by atoms with E-state index in [-0.39, 0.29) is 6.04 Å². The average molecular weight is 113 g/mol. The first-order chi connectivity index (χ1) is 3.68. The van der Waals surface area contributed by atoms with Crippen molar-refractivity contribution in [3.8, 4) is 11.8 Å². The topological polar surface area (TPSA) is 46.2 Å². The maximum Gasteiger partial charge on any atom is 0.129 e. The molecule has 0 radical (unpaired) electrons. The van der Waals surface area contributed by atoms with Crippen LogP contribution in [0.15, 0.2) is 0 Å². The highest BCUT2D eigenvalue weighted by molar-refractivity contribution is 5.04. The van der Waals surface area contributed by atoms with Crippen molar-refractivity contribution in [3.63, 3.8) is 0 Å². The molecule has 0 amide bonds. The van der Waals surface area contributed by atoms with Gasteiger partial charge in [-0.15, -0.1) is 5.92 Å². The van der Waals surface area contributed by atoms with Crippen LogP contribution >= 0.6 is 0 Å². The molecule has 0 aromatic carbocycles. The lowest BCUT2D eigenvalue weighted by Crippen LogP contribution is -2.29. The molecule has 8 heavy (non-hydrogen) atoms. The Morgan fingerprint density at radius 3 is 2.25 bits per heavy atom. The zero-order valence-electron chi connectivity index (χ0n) is 5.18. The first-order valence-corrected chi connectivity index (χ1v) is 2.54. The summed E-state index contributed by atoms with van der Waals surface area (Å²) >= 11 is 0. The molecule has 0 aliphatic rings. The van der Waals surface area contributed by atoms with E-state index in [4.69, 9.17) is 10.8 Å². The average Bonchev–Trinajstić information content (AvgIpc) is 1.67. The SMILES string of the molecule is CC#C[C@H](O)[C@H](C)N. The Morgan fingerprint density at radius 2 is 2.12 bits per heavy atom. The summed E-state index contributed by atoms with van der Waals surface area (Å²) in [6.45, 7) is 3.39. The predicted molar refractivity (Wildman–Crippen MR) is 33.1 cm³/mol. The minimum absolute atomic E-state index is 0.248. The lowest BCUT2D eigenvalue weighted by atomic mass is 10.2. The monoisotopic (exact) mass is 113 g/mol. The van der Waals surface area contributed by atoms with Crippen molar-refractivity contribution in [2.75, 3.05) is 0 Å². The van der Waals surface area contributed by atoms with Crippen molar-refractivity contribution in [1.82, 2.24) is 0 Å². The van der Waals surface area contributed by atoms with Gasteiger partial charge in [0, 0.05) is 6.04 Å². The summed E-state index contributed by atoms with van der Waals surface area (Å²) in [6.07, 6.45) is -0.667. The number of hydrogen-bond donors (Lipinski definition) is 2. The van der Waals surface area contributed by atoms with Crippen LogP contribution in [-0.4, -0.2) is 17.3 Å². The van der Waals surface area contributed by atoms with Crippen LogP contribution in [0.3, 0.4) is 0 Å². The maximum absolute atomic E-state index is 8.83. The minimum Gasteiger partial charge on any atom is -0.379 e. The fourth-order valence-electron chi connectivity index (χ4n) is 0.279. The Kier molecular flexibility index (Phi) is 3.25. The van der Waals surface area contributed by atoms with E-state index in [0.717, 1.165) is 0 Å². The summed E-state index contributed by atoms with van der Waals surface area (Å²) in [4.78, 5) is 0.